The molecule has 0 spiro atoms. The van der Waals surface area contributed by atoms with Crippen LogP contribution in [0.2, 0.25) is 5.02 Å². The van der Waals surface area contributed by atoms with Gasteiger partial charge < -0.3 is 19.2 Å². The molecular weight excluding hydrogens is 496 g/mol. The average Bonchev–Trinajstić information content (AvgIpc) is 3.48. The first-order valence-corrected chi connectivity index (χ1v) is 13.4. The fourth-order valence-electron chi connectivity index (χ4n) is 4.56. The molecule has 1 aromatic carbocycles. The highest BCUT2D eigenvalue weighted by atomic mass is 35.5. The van der Waals surface area contributed by atoms with Crippen molar-refractivity contribution in [2.75, 3.05) is 13.7 Å². The van der Waals surface area contributed by atoms with Crippen molar-refractivity contribution in [1.29, 1.82) is 0 Å². The van der Waals surface area contributed by atoms with E-state index >= 15 is 0 Å². The van der Waals surface area contributed by atoms with Crippen LogP contribution in [0.25, 0.3) is 0 Å². The molecule has 1 N–H and O–H groups in total. The maximum Gasteiger partial charge on any atom is 0.255 e. The van der Waals surface area contributed by atoms with E-state index < -0.39 is 0 Å². The van der Waals surface area contributed by atoms with E-state index in [-0.39, 0.29) is 11.3 Å². The van der Waals surface area contributed by atoms with Gasteiger partial charge >= 0.3 is 0 Å². The van der Waals surface area contributed by atoms with Crippen LogP contribution < -0.4 is 14.8 Å². The number of hydrogen-bond donors (Lipinski definition) is 1. The molecule has 2 aromatic heterocycles. The molecule has 1 amide bonds. The summed E-state index contributed by atoms with van der Waals surface area (Å²) in [6.45, 7) is 9.58. The summed E-state index contributed by atoms with van der Waals surface area (Å²) in [5, 5.41) is 4.16. The Morgan fingerprint density at radius 1 is 1.36 bits per heavy atom. The summed E-state index contributed by atoms with van der Waals surface area (Å²) in [6, 6.07) is 7.29. The smallest absolute Gasteiger partial charge is 0.255 e. The minimum atomic E-state index is -0.131. The molecule has 192 valence electrons. The van der Waals surface area contributed by atoms with E-state index in [1.807, 2.05) is 25.1 Å². The van der Waals surface area contributed by atoms with Crippen LogP contribution in [0.3, 0.4) is 0 Å². The lowest BCUT2D eigenvalue weighted by Gasteiger charge is -2.33. The maximum atomic E-state index is 13.4. The summed E-state index contributed by atoms with van der Waals surface area (Å²) < 4.78 is 16.5. The molecule has 0 unspecified atom stereocenters. The minimum Gasteiger partial charge on any atom is -0.491 e. The number of nitrogens with zero attached hydrogens (tertiary/aromatic N) is 1. The van der Waals surface area contributed by atoms with E-state index in [4.69, 9.17) is 30.5 Å². The summed E-state index contributed by atoms with van der Waals surface area (Å²) in [4.78, 5) is 19.4. The first kappa shape index (κ1) is 26.3. The van der Waals surface area contributed by atoms with Crippen LogP contribution in [-0.2, 0) is 19.4 Å². The zero-order chi connectivity index (χ0) is 25.9. The Bertz CT molecular complexity index is 1240. The number of hydrogen-bond acceptors (Lipinski definition) is 6. The van der Waals surface area contributed by atoms with Crippen LogP contribution in [0.4, 0.5) is 5.00 Å². The summed E-state index contributed by atoms with van der Waals surface area (Å²) in [6.07, 6.45) is 6.22. The second kappa shape index (κ2) is 11.1. The number of nitrogens with one attached hydrogen (secondary N) is 1. The van der Waals surface area contributed by atoms with Gasteiger partial charge in [-0.15, -0.1) is 11.3 Å². The first-order chi connectivity index (χ1) is 17.2. The SMILES string of the molecule is CCOc1cc(C=Nc2sc3c(c2C(=O)NCc2ccco2)CC[C@@H](C(C)(C)C)C3)cc(Cl)c1OC. The second-order valence-electron chi connectivity index (χ2n) is 9.98. The lowest BCUT2D eigenvalue weighted by molar-refractivity contribution is 0.0947. The monoisotopic (exact) mass is 528 g/mol. The number of carbonyl (C=O) groups is 1. The molecule has 0 radical (unpaired) electrons. The van der Waals surface area contributed by atoms with E-state index in [0.717, 1.165) is 30.4 Å². The number of carbonyl (C=O) groups excluding carboxylic acids is 1. The van der Waals surface area contributed by atoms with Crippen molar-refractivity contribution in [2.45, 2.75) is 53.5 Å². The van der Waals surface area contributed by atoms with E-state index in [0.29, 0.717) is 51.9 Å². The lowest BCUT2D eigenvalue weighted by atomic mass is 9.72. The zero-order valence-corrected chi connectivity index (χ0v) is 23.0. The molecule has 8 heteroatoms. The summed E-state index contributed by atoms with van der Waals surface area (Å²) in [5.41, 5.74) is 2.76. The molecule has 0 fully saturated rings. The van der Waals surface area contributed by atoms with Gasteiger partial charge in [-0.3, -0.25) is 4.79 Å². The fraction of sp³-hybridized carbons (Fsp3) is 0.429. The van der Waals surface area contributed by atoms with Gasteiger partial charge in [0.25, 0.3) is 5.91 Å². The topological polar surface area (TPSA) is 73.1 Å². The van der Waals surface area contributed by atoms with E-state index in [9.17, 15) is 4.79 Å². The van der Waals surface area contributed by atoms with Crippen molar-refractivity contribution in [3.63, 3.8) is 0 Å². The summed E-state index contributed by atoms with van der Waals surface area (Å²) >= 11 is 8.04. The Hall–Kier alpha value is -2.77. The molecule has 0 aliphatic heterocycles. The van der Waals surface area contributed by atoms with Gasteiger partial charge in [-0.05, 0) is 72.9 Å². The van der Waals surface area contributed by atoms with Gasteiger partial charge in [0.15, 0.2) is 11.5 Å². The molecule has 0 saturated carbocycles. The highest BCUT2D eigenvalue weighted by Crippen LogP contribution is 2.45. The summed E-state index contributed by atoms with van der Waals surface area (Å²) in [5.74, 6) is 2.20. The Morgan fingerprint density at radius 3 is 2.83 bits per heavy atom. The van der Waals surface area contributed by atoms with E-state index in [1.165, 1.54) is 4.88 Å². The van der Waals surface area contributed by atoms with Crippen LogP contribution in [0.15, 0.2) is 39.9 Å². The van der Waals surface area contributed by atoms with Gasteiger partial charge in [-0.25, -0.2) is 4.99 Å². The molecule has 0 bridgehead atoms. The van der Waals surface area contributed by atoms with Gasteiger partial charge in [-0.2, -0.15) is 0 Å². The maximum absolute atomic E-state index is 13.4. The Kier molecular flexibility index (Phi) is 8.10. The van der Waals surface area contributed by atoms with Crippen LogP contribution in [-0.4, -0.2) is 25.8 Å². The first-order valence-electron chi connectivity index (χ1n) is 12.2. The number of fused-ring (bicyclic) bond motifs is 1. The van der Waals surface area contributed by atoms with Gasteiger partial charge in [0.1, 0.15) is 10.8 Å². The van der Waals surface area contributed by atoms with E-state index in [1.54, 1.807) is 37.0 Å². The van der Waals surface area contributed by atoms with Crippen molar-refractivity contribution in [1.82, 2.24) is 5.32 Å². The zero-order valence-electron chi connectivity index (χ0n) is 21.4. The molecule has 2 heterocycles. The predicted molar refractivity (Wildman–Crippen MR) is 146 cm³/mol. The number of thiophene rings is 1. The van der Waals surface area contributed by atoms with Crippen molar-refractivity contribution in [2.24, 2.45) is 16.3 Å². The Balaban J connectivity index is 1.68. The van der Waals surface area contributed by atoms with Gasteiger partial charge in [0.05, 0.1) is 37.1 Å². The van der Waals surface area contributed by atoms with Crippen LogP contribution in [0, 0.1) is 11.3 Å². The number of aliphatic imine (C=N–C) groups is 1. The van der Waals surface area contributed by atoms with Crippen molar-refractivity contribution in [3.05, 3.63) is 62.9 Å². The number of rotatable bonds is 8. The van der Waals surface area contributed by atoms with Crippen molar-refractivity contribution in [3.8, 4) is 11.5 Å². The van der Waals surface area contributed by atoms with Crippen molar-refractivity contribution >= 4 is 40.1 Å². The molecule has 1 aliphatic carbocycles. The Morgan fingerprint density at radius 2 is 2.17 bits per heavy atom. The fourth-order valence-corrected chi connectivity index (χ4v) is 6.13. The van der Waals surface area contributed by atoms with Crippen molar-refractivity contribution < 1.29 is 18.7 Å². The standard InChI is InChI=1S/C28H33ClN2O4S/c1-6-34-22-13-17(12-21(29)25(22)33-5)15-31-27-24(26(32)30-16-19-8-7-11-35-19)20-10-9-18(28(2,3)4)14-23(20)36-27/h7-8,11-13,15,18H,6,9-10,14,16H2,1-5H3,(H,30,32)/t18-/m1/s1. The highest BCUT2D eigenvalue weighted by molar-refractivity contribution is 7.16. The largest absolute Gasteiger partial charge is 0.491 e. The molecular formula is C28H33ClN2O4S. The quantitative estimate of drug-likeness (QED) is 0.313. The number of halogens is 1. The van der Waals surface area contributed by atoms with Gasteiger partial charge in [-0.1, -0.05) is 32.4 Å². The van der Waals surface area contributed by atoms with Gasteiger partial charge in [0, 0.05) is 11.1 Å². The van der Waals surface area contributed by atoms with E-state index in [2.05, 4.69) is 26.1 Å². The van der Waals surface area contributed by atoms with Crippen LogP contribution in [0.1, 0.15) is 66.2 Å². The third-order valence-electron chi connectivity index (χ3n) is 6.57. The third kappa shape index (κ3) is 5.79. The van der Waals surface area contributed by atoms with Crippen LogP contribution >= 0.6 is 22.9 Å². The molecule has 3 aromatic rings. The number of benzene rings is 1. The number of furan rings is 1. The highest BCUT2D eigenvalue weighted by Gasteiger charge is 2.33. The predicted octanol–water partition coefficient (Wildman–Crippen LogP) is 7.23. The Labute approximate surface area is 221 Å². The van der Waals surface area contributed by atoms with Gasteiger partial charge in [0.2, 0.25) is 0 Å². The number of amides is 1. The average molecular weight is 529 g/mol. The second-order valence-corrected chi connectivity index (χ2v) is 11.5. The number of ether oxygens (including phenoxy) is 2. The normalized spacial score (nSPS) is 15.7. The number of methoxy groups -OCH3 is 1. The molecule has 6 nitrogen and oxygen atoms in total. The van der Waals surface area contributed by atoms with Crippen LogP contribution in [0.5, 0.6) is 11.5 Å². The lowest BCUT2D eigenvalue weighted by Crippen LogP contribution is -2.28. The molecule has 0 saturated heterocycles. The minimum absolute atomic E-state index is 0.131. The summed E-state index contributed by atoms with van der Waals surface area (Å²) in [7, 11) is 1.56. The third-order valence-corrected chi connectivity index (χ3v) is 8.01. The molecule has 1 aliphatic rings. The molecule has 1 atom stereocenters. The molecule has 36 heavy (non-hydrogen) atoms. The molecule has 4 rings (SSSR count).